The number of nitrogens with zero attached hydrogens (tertiary/aromatic N) is 6. The maximum Gasteiger partial charge on any atom is 0.267 e. The normalized spacial score (nSPS) is 13.6. The van der Waals surface area contributed by atoms with E-state index in [0.717, 1.165) is 36.1 Å². The molecule has 0 spiro atoms. The van der Waals surface area contributed by atoms with Crippen molar-refractivity contribution in [2.45, 2.75) is 6.92 Å². The summed E-state index contributed by atoms with van der Waals surface area (Å²) in [6, 6.07) is 5.37. The third kappa shape index (κ3) is 6.92. The molecule has 1 aromatic carbocycles. The number of halogens is 1. The van der Waals surface area contributed by atoms with Gasteiger partial charge in [0.05, 0.1) is 23.5 Å². The van der Waals surface area contributed by atoms with Crippen LogP contribution in [0.5, 0.6) is 0 Å². The van der Waals surface area contributed by atoms with E-state index >= 15 is 0 Å². The number of aliphatic hydroxyl groups excluding tert-OH is 1. The van der Waals surface area contributed by atoms with Crippen molar-refractivity contribution in [3.05, 3.63) is 52.5 Å². The number of carbonyl (C=O) groups is 2. The van der Waals surface area contributed by atoms with E-state index in [9.17, 15) is 14.7 Å². The minimum absolute atomic E-state index is 0.0999. The van der Waals surface area contributed by atoms with Gasteiger partial charge in [-0.1, -0.05) is 41.6 Å². The molecule has 2 aromatic heterocycles. The van der Waals surface area contributed by atoms with E-state index in [0.29, 0.717) is 46.3 Å². The van der Waals surface area contributed by atoms with E-state index < -0.39 is 5.91 Å². The molecule has 13 nitrogen and oxygen atoms in total. The van der Waals surface area contributed by atoms with Crippen LogP contribution in [0.25, 0.3) is 0 Å². The second kappa shape index (κ2) is 12.6. The quantitative estimate of drug-likeness (QED) is 0.183. The number of anilines is 5. The summed E-state index contributed by atoms with van der Waals surface area (Å²) in [5.41, 5.74) is 6.46. The molecule has 4 rings (SSSR count). The Balaban J connectivity index is 1.50. The third-order valence-corrected chi connectivity index (χ3v) is 6.81. The maximum atomic E-state index is 12.8. The Bertz CT molecular complexity index is 1290. The third-order valence-electron chi connectivity index (χ3n) is 5.59. The summed E-state index contributed by atoms with van der Waals surface area (Å²) in [5.74, 6) is -0.132. The smallest absolute Gasteiger partial charge is 0.267 e. The van der Waals surface area contributed by atoms with Crippen molar-refractivity contribution in [2.75, 3.05) is 60.3 Å². The number of hydrogen-bond donors (Lipinski definition) is 5. The minimum atomic E-state index is -0.455. The summed E-state index contributed by atoms with van der Waals surface area (Å²) in [4.78, 5) is 46.4. The number of hydrogen-bond acceptors (Lipinski definition) is 12. The molecule has 0 unspecified atom stereocenters. The number of hydrazine groups is 1. The van der Waals surface area contributed by atoms with Crippen LogP contribution in [0.3, 0.4) is 0 Å². The van der Waals surface area contributed by atoms with Gasteiger partial charge in [-0.2, -0.15) is 15.0 Å². The first-order valence-electron chi connectivity index (χ1n) is 11.7. The second-order valence-corrected chi connectivity index (χ2v) is 9.63. The zero-order valence-corrected chi connectivity index (χ0v) is 22.1. The highest BCUT2D eigenvalue weighted by atomic mass is 35.5. The number of amides is 2. The van der Waals surface area contributed by atoms with Gasteiger partial charge in [-0.25, -0.2) is 4.98 Å². The molecule has 200 valence electrons. The van der Waals surface area contributed by atoms with E-state index in [1.54, 1.807) is 6.07 Å². The molecule has 1 saturated heterocycles. The van der Waals surface area contributed by atoms with Gasteiger partial charge in [-0.05, 0) is 24.6 Å². The maximum absolute atomic E-state index is 12.8. The second-order valence-electron chi connectivity index (χ2n) is 8.19. The lowest BCUT2D eigenvalue weighted by molar-refractivity contribution is -0.116. The highest BCUT2D eigenvalue weighted by molar-refractivity contribution is 7.17. The van der Waals surface area contributed by atoms with E-state index in [-0.39, 0.29) is 24.4 Å². The summed E-state index contributed by atoms with van der Waals surface area (Å²) in [7, 11) is 0. The van der Waals surface area contributed by atoms with Gasteiger partial charge < -0.3 is 15.3 Å². The number of aliphatic hydroxyl groups is 1. The predicted molar refractivity (Wildman–Crippen MR) is 147 cm³/mol. The van der Waals surface area contributed by atoms with Gasteiger partial charge in [-0.3, -0.25) is 30.7 Å². The summed E-state index contributed by atoms with van der Waals surface area (Å²) in [5, 5.41) is 15.9. The Morgan fingerprint density at radius 2 is 1.95 bits per heavy atom. The summed E-state index contributed by atoms with van der Waals surface area (Å²) in [6.07, 6.45) is 2.56. The molecule has 0 aliphatic carbocycles. The average molecular weight is 559 g/mol. The number of carbonyl (C=O) groups excluding carboxylic acids is 2. The number of rotatable bonds is 10. The minimum Gasteiger partial charge on any atom is -0.395 e. The summed E-state index contributed by atoms with van der Waals surface area (Å²) in [6.45, 7) is 8.74. The van der Waals surface area contributed by atoms with Crippen molar-refractivity contribution in [3.63, 3.8) is 0 Å². The topological polar surface area (TPSA) is 161 Å². The predicted octanol–water partition coefficient (Wildman–Crippen LogP) is 2.03. The average Bonchev–Trinajstić information content (AvgIpc) is 3.38. The monoisotopic (exact) mass is 558 g/mol. The first-order valence-corrected chi connectivity index (χ1v) is 12.9. The van der Waals surface area contributed by atoms with Crippen LogP contribution < -0.4 is 26.4 Å². The van der Waals surface area contributed by atoms with Gasteiger partial charge in [-0.15, -0.1) is 0 Å². The van der Waals surface area contributed by atoms with Gasteiger partial charge in [0.2, 0.25) is 17.8 Å². The molecule has 3 heterocycles. The molecule has 15 heteroatoms. The summed E-state index contributed by atoms with van der Waals surface area (Å²) < 4.78 is 0. The Morgan fingerprint density at radius 3 is 2.66 bits per heavy atom. The standard InChI is InChI=1S/C23H27ClN10O3S/c1-3-17(36)31-32-21-27-20(28-22(29-21)34-9-7-33(8-10-34)11-12-35)30-23-25-13-16(38-23)19(37)26-18-14(2)5-4-6-15(18)24/h3-6,13,35H,1,7-12H2,2H3,(H,26,37)(H,31,36)(H2,25,27,28,29,30,32). The number of aryl methyl sites for hydroxylation is 1. The van der Waals surface area contributed by atoms with Crippen LogP contribution in [-0.4, -0.2) is 81.1 Å². The molecule has 38 heavy (non-hydrogen) atoms. The van der Waals surface area contributed by atoms with Crippen LogP contribution in [0.1, 0.15) is 15.2 Å². The fraction of sp³-hybridized carbons (Fsp3) is 0.304. The van der Waals surface area contributed by atoms with Crippen LogP contribution in [0.2, 0.25) is 5.02 Å². The highest BCUT2D eigenvalue weighted by Gasteiger charge is 2.21. The van der Waals surface area contributed by atoms with Crippen molar-refractivity contribution >= 4 is 63.4 Å². The lowest BCUT2D eigenvalue weighted by Gasteiger charge is -2.34. The van der Waals surface area contributed by atoms with E-state index in [4.69, 9.17) is 11.6 Å². The Kier molecular flexibility index (Phi) is 9.02. The molecule has 2 amide bonds. The van der Waals surface area contributed by atoms with Gasteiger partial charge in [0, 0.05) is 32.7 Å². The molecule has 1 fully saturated rings. The number of nitrogens with one attached hydrogen (secondary N) is 4. The molecule has 0 bridgehead atoms. The SMILES string of the molecule is C=CC(=O)NNc1nc(Nc2ncc(C(=O)Nc3c(C)cccc3Cl)s2)nc(N2CCN(CCO)CC2)n1. The lowest BCUT2D eigenvalue weighted by atomic mass is 10.2. The van der Waals surface area contributed by atoms with Crippen molar-refractivity contribution in [1.82, 2.24) is 30.3 Å². The number of β-amino-alcohol motifs (C(OH)–C–C–N with tert-alkyl or cyclic N) is 1. The number of para-hydroxylation sites is 1. The summed E-state index contributed by atoms with van der Waals surface area (Å²) >= 11 is 7.34. The van der Waals surface area contributed by atoms with Gasteiger partial charge in [0.15, 0.2) is 5.13 Å². The van der Waals surface area contributed by atoms with Crippen LogP contribution in [-0.2, 0) is 4.79 Å². The largest absolute Gasteiger partial charge is 0.395 e. The molecule has 3 aromatic rings. The van der Waals surface area contributed by atoms with Crippen molar-refractivity contribution in [1.29, 1.82) is 0 Å². The fourth-order valence-corrected chi connectivity index (χ4v) is 4.57. The number of piperazine rings is 1. The zero-order chi connectivity index (χ0) is 27.1. The molecular weight excluding hydrogens is 532 g/mol. The molecule has 1 aliphatic rings. The Hall–Kier alpha value is -3.85. The number of thiazole rings is 1. The van der Waals surface area contributed by atoms with Crippen LogP contribution in [0.4, 0.5) is 28.7 Å². The molecule has 0 atom stereocenters. The van der Waals surface area contributed by atoms with Crippen molar-refractivity contribution in [3.8, 4) is 0 Å². The Labute approximate surface area is 227 Å². The highest BCUT2D eigenvalue weighted by Crippen LogP contribution is 2.28. The number of aromatic nitrogens is 4. The molecule has 0 radical (unpaired) electrons. The van der Waals surface area contributed by atoms with Gasteiger partial charge >= 0.3 is 0 Å². The lowest BCUT2D eigenvalue weighted by Crippen LogP contribution is -2.47. The zero-order valence-electron chi connectivity index (χ0n) is 20.6. The van der Waals surface area contributed by atoms with Crippen molar-refractivity contribution < 1.29 is 14.7 Å². The van der Waals surface area contributed by atoms with Crippen LogP contribution in [0, 0.1) is 6.92 Å². The van der Waals surface area contributed by atoms with E-state index in [2.05, 4.69) is 52.9 Å². The number of benzene rings is 1. The van der Waals surface area contributed by atoms with Crippen LogP contribution in [0.15, 0.2) is 37.1 Å². The van der Waals surface area contributed by atoms with E-state index in [1.165, 1.54) is 6.20 Å². The molecular formula is C23H27ClN10O3S. The van der Waals surface area contributed by atoms with Gasteiger partial charge in [0.1, 0.15) is 4.88 Å². The fourth-order valence-electron chi connectivity index (χ4n) is 3.60. The van der Waals surface area contributed by atoms with Crippen LogP contribution >= 0.6 is 22.9 Å². The molecule has 0 saturated carbocycles. The first-order chi connectivity index (χ1) is 18.4. The first kappa shape index (κ1) is 27.2. The van der Waals surface area contributed by atoms with Gasteiger partial charge in [0.25, 0.3) is 11.8 Å². The molecule has 1 aliphatic heterocycles. The molecule has 5 N–H and O–H groups in total. The van der Waals surface area contributed by atoms with E-state index in [1.807, 2.05) is 24.0 Å². The van der Waals surface area contributed by atoms with Crippen molar-refractivity contribution in [2.24, 2.45) is 0 Å². The Morgan fingerprint density at radius 1 is 1.18 bits per heavy atom.